The highest BCUT2D eigenvalue weighted by atomic mass is 16.2. The van der Waals surface area contributed by atoms with Crippen molar-refractivity contribution in [1.82, 2.24) is 23.6 Å². The molecule has 0 saturated carbocycles. The highest BCUT2D eigenvalue weighted by Crippen LogP contribution is 2.23. The van der Waals surface area contributed by atoms with Crippen LogP contribution in [0.3, 0.4) is 0 Å². The third-order valence-corrected chi connectivity index (χ3v) is 5.76. The van der Waals surface area contributed by atoms with E-state index < -0.39 is 5.69 Å². The number of nitrogens with zero attached hydrogens (tertiary/aromatic N) is 6. The van der Waals surface area contributed by atoms with Crippen LogP contribution in [0.1, 0.15) is 18.1 Å². The van der Waals surface area contributed by atoms with E-state index in [1.807, 2.05) is 29.7 Å². The Balaban J connectivity index is 1.88. The molecule has 3 heterocycles. The second-order valence-electron chi connectivity index (χ2n) is 7.86. The fourth-order valence-electron chi connectivity index (χ4n) is 4.04. The van der Waals surface area contributed by atoms with Crippen molar-refractivity contribution in [2.24, 2.45) is 14.1 Å². The zero-order chi connectivity index (χ0) is 21.6. The van der Waals surface area contributed by atoms with Crippen molar-refractivity contribution in [2.75, 3.05) is 31.1 Å². The number of imidazole rings is 1. The molecule has 30 heavy (non-hydrogen) atoms. The zero-order valence-corrected chi connectivity index (χ0v) is 17.8. The van der Waals surface area contributed by atoms with Gasteiger partial charge in [-0.25, -0.2) is 4.79 Å². The molecule has 158 valence electrons. The Morgan fingerprint density at radius 3 is 2.40 bits per heavy atom. The van der Waals surface area contributed by atoms with Gasteiger partial charge in [-0.15, -0.1) is 0 Å². The highest BCUT2D eigenvalue weighted by Gasteiger charge is 2.26. The van der Waals surface area contributed by atoms with Gasteiger partial charge in [0, 0.05) is 47.2 Å². The highest BCUT2D eigenvalue weighted by molar-refractivity contribution is 5.75. The first kappa shape index (κ1) is 19.9. The summed E-state index contributed by atoms with van der Waals surface area (Å²) in [5.74, 6) is 0.701. The van der Waals surface area contributed by atoms with E-state index in [1.54, 1.807) is 18.9 Å². The fraction of sp³-hybridized carbons (Fsp3) is 0.429. The average Bonchev–Trinajstić information content (AvgIpc) is 3.10. The Hall–Kier alpha value is -3.36. The first-order valence-corrected chi connectivity index (χ1v) is 10.00. The predicted octanol–water partition coefficient (Wildman–Crippen LogP) is 0.459. The minimum atomic E-state index is -0.402. The van der Waals surface area contributed by atoms with Crippen LogP contribution in [0.5, 0.6) is 0 Å². The molecule has 1 aliphatic rings. The summed E-state index contributed by atoms with van der Waals surface area (Å²) in [6.45, 7) is 6.49. The van der Waals surface area contributed by atoms with Crippen LogP contribution in [0.4, 0.5) is 5.95 Å². The maximum atomic E-state index is 13.0. The number of carbonyl (C=O) groups excluding carboxylic acids is 1. The molecule has 0 spiro atoms. The van der Waals surface area contributed by atoms with Gasteiger partial charge >= 0.3 is 5.69 Å². The minimum Gasteiger partial charge on any atom is -0.339 e. The van der Waals surface area contributed by atoms with Gasteiger partial charge in [0.2, 0.25) is 11.9 Å². The summed E-state index contributed by atoms with van der Waals surface area (Å²) in [6.07, 6.45) is 0. The number of hydrogen-bond acceptors (Lipinski definition) is 5. The van der Waals surface area contributed by atoms with Crippen LogP contribution < -0.4 is 16.1 Å². The predicted molar refractivity (Wildman–Crippen MR) is 115 cm³/mol. The molecule has 1 amide bonds. The average molecular weight is 410 g/mol. The second kappa shape index (κ2) is 7.47. The molecule has 0 radical (unpaired) electrons. The Morgan fingerprint density at radius 1 is 1.07 bits per heavy atom. The van der Waals surface area contributed by atoms with Crippen LogP contribution in [-0.4, -0.2) is 55.7 Å². The van der Waals surface area contributed by atoms with Crippen LogP contribution >= 0.6 is 0 Å². The lowest BCUT2D eigenvalue weighted by molar-refractivity contribution is -0.129. The standard InChI is InChI=1S/C21H26N6O3/c1-14-6-5-7-16(12-14)13-27-17-18(23(3)21(30)24(4)19(17)29)22-20(27)26-10-8-25(9-11-26)15(2)28/h5-7,12H,8-11,13H2,1-4H3. The maximum absolute atomic E-state index is 13.0. The Morgan fingerprint density at radius 2 is 1.77 bits per heavy atom. The molecule has 1 aliphatic heterocycles. The monoisotopic (exact) mass is 410 g/mol. The smallest absolute Gasteiger partial charge is 0.332 e. The van der Waals surface area contributed by atoms with Gasteiger partial charge in [-0.2, -0.15) is 4.98 Å². The van der Waals surface area contributed by atoms with Crippen LogP contribution in [0.25, 0.3) is 11.2 Å². The van der Waals surface area contributed by atoms with E-state index >= 15 is 0 Å². The van der Waals surface area contributed by atoms with Gasteiger partial charge < -0.3 is 9.80 Å². The normalized spacial score (nSPS) is 14.5. The van der Waals surface area contributed by atoms with Gasteiger partial charge in [0.05, 0.1) is 6.54 Å². The van der Waals surface area contributed by atoms with Crippen molar-refractivity contribution < 1.29 is 4.79 Å². The third-order valence-electron chi connectivity index (χ3n) is 5.76. The summed E-state index contributed by atoms with van der Waals surface area (Å²) >= 11 is 0. The SMILES string of the molecule is CC(=O)N1CCN(c2nc3c(c(=O)n(C)c(=O)n3C)n2Cc2cccc(C)c2)CC1. The first-order chi connectivity index (χ1) is 14.3. The summed E-state index contributed by atoms with van der Waals surface area (Å²) in [5.41, 5.74) is 2.20. The molecule has 0 N–H and O–H groups in total. The number of carbonyl (C=O) groups is 1. The molecule has 9 nitrogen and oxygen atoms in total. The molecule has 0 bridgehead atoms. The van der Waals surface area contributed by atoms with Gasteiger partial charge in [0.25, 0.3) is 5.56 Å². The van der Waals surface area contributed by atoms with E-state index in [9.17, 15) is 14.4 Å². The number of benzene rings is 1. The van der Waals surface area contributed by atoms with Crippen molar-refractivity contribution in [1.29, 1.82) is 0 Å². The zero-order valence-electron chi connectivity index (χ0n) is 17.8. The number of hydrogen-bond donors (Lipinski definition) is 0. The fourth-order valence-corrected chi connectivity index (χ4v) is 4.04. The summed E-state index contributed by atoms with van der Waals surface area (Å²) in [5, 5.41) is 0. The summed E-state index contributed by atoms with van der Waals surface area (Å²) in [4.78, 5) is 45.8. The molecule has 2 aromatic heterocycles. The second-order valence-corrected chi connectivity index (χ2v) is 7.86. The number of piperazine rings is 1. The summed E-state index contributed by atoms with van der Waals surface area (Å²) in [7, 11) is 3.12. The number of rotatable bonds is 3. The number of aryl methyl sites for hydroxylation is 2. The van der Waals surface area contributed by atoms with Crippen molar-refractivity contribution in [3.8, 4) is 0 Å². The molecular weight excluding hydrogens is 384 g/mol. The number of amides is 1. The molecule has 0 atom stereocenters. The molecule has 9 heteroatoms. The number of anilines is 1. The van der Waals surface area contributed by atoms with Crippen molar-refractivity contribution >= 4 is 23.0 Å². The van der Waals surface area contributed by atoms with E-state index in [2.05, 4.69) is 11.0 Å². The van der Waals surface area contributed by atoms with Gasteiger partial charge in [-0.05, 0) is 12.5 Å². The van der Waals surface area contributed by atoms with Crippen LogP contribution in [-0.2, 0) is 25.4 Å². The largest absolute Gasteiger partial charge is 0.339 e. The molecule has 4 rings (SSSR count). The van der Waals surface area contributed by atoms with E-state index in [0.29, 0.717) is 49.8 Å². The van der Waals surface area contributed by atoms with Crippen LogP contribution in [0.2, 0.25) is 0 Å². The van der Waals surface area contributed by atoms with Gasteiger partial charge in [0.1, 0.15) is 0 Å². The molecule has 1 fully saturated rings. The lowest BCUT2D eigenvalue weighted by Crippen LogP contribution is -2.48. The lowest BCUT2D eigenvalue weighted by atomic mass is 10.1. The quantitative estimate of drug-likeness (QED) is 0.626. The number of fused-ring (bicyclic) bond motifs is 1. The molecule has 0 aliphatic carbocycles. The minimum absolute atomic E-state index is 0.0548. The Kier molecular flexibility index (Phi) is 4.97. The molecule has 1 aromatic carbocycles. The van der Waals surface area contributed by atoms with E-state index in [4.69, 9.17) is 4.98 Å². The van der Waals surface area contributed by atoms with Gasteiger partial charge in [-0.3, -0.25) is 23.3 Å². The van der Waals surface area contributed by atoms with Crippen molar-refractivity contribution in [3.63, 3.8) is 0 Å². The summed E-state index contributed by atoms with van der Waals surface area (Å²) < 4.78 is 4.43. The molecule has 0 unspecified atom stereocenters. The molecule has 3 aromatic rings. The topological polar surface area (TPSA) is 85.4 Å². The van der Waals surface area contributed by atoms with E-state index in [-0.39, 0.29) is 11.5 Å². The molecular formula is C21H26N6O3. The first-order valence-electron chi connectivity index (χ1n) is 10.00. The lowest BCUT2D eigenvalue weighted by Gasteiger charge is -2.35. The van der Waals surface area contributed by atoms with E-state index in [1.165, 1.54) is 11.6 Å². The summed E-state index contributed by atoms with van der Waals surface area (Å²) in [6, 6.07) is 8.11. The van der Waals surface area contributed by atoms with Crippen LogP contribution in [0, 0.1) is 6.92 Å². The van der Waals surface area contributed by atoms with Crippen molar-refractivity contribution in [3.05, 3.63) is 56.2 Å². The van der Waals surface area contributed by atoms with Gasteiger partial charge in [0.15, 0.2) is 11.2 Å². The maximum Gasteiger partial charge on any atom is 0.332 e. The third kappa shape index (κ3) is 3.30. The van der Waals surface area contributed by atoms with Crippen LogP contribution in [0.15, 0.2) is 33.9 Å². The van der Waals surface area contributed by atoms with Gasteiger partial charge in [-0.1, -0.05) is 29.8 Å². The van der Waals surface area contributed by atoms with Crippen molar-refractivity contribution in [2.45, 2.75) is 20.4 Å². The Labute approximate surface area is 173 Å². The number of aromatic nitrogens is 4. The molecule has 1 saturated heterocycles. The Bertz CT molecular complexity index is 1240. The van der Waals surface area contributed by atoms with E-state index in [0.717, 1.165) is 15.7 Å².